The van der Waals surface area contributed by atoms with Crippen molar-refractivity contribution in [3.05, 3.63) is 124 Å². The van der Waals surface area contributed by atoms with E-state index in [1.54, 1.807) is 104 Å². The minimum Gasteiger partial charge on any atom is -0.497 e. The largest absolute Gasteiger partial charge is 0.497 e. The fraction of sp³-hybridized carbons (Fsp3) is 0.0345. The third kappa shape index (κ3) is 6.83. The van der Waals surface area contributed by atoms with E-state index in [2.05, 4.69) is 15.8 Å². The number of carbonyl (C=O) groups is 3. The molecule has 0 unspecified atom stereocenters. The Morgan fingerprint density at radius 2 is 1.37 bits per heavy atom. The third-order valence-electron chi connectivity index (χ3n) is 5.33. The van der Waals surface area contributed by atoms with Crippen molar-refractivity contribution in [3.63, 3.8) is 0 Å². The Bertz CT molecular complexity index is 1470. The van der Waals surface area contributed by atoms with E-state index in [0.29, 0.717) is 38.7 Å². The minimum atomic E-state index is -0.541. The number of amides is 2. The number of methoxy groups -OCH3 is 1. The van der Waals surface area contributed by atoms with Crippen LogP contribution >= 0.6 is 11.6 Å². The second kappa shape index (κ2) is 12.3. The van der Waals surface area contributed by atoms with Gasteiger partial charge in [-0.15, -0.1) is 0 Å². The zero-order valence-corrected chi connectivity index (χ0v) is 20.9. The van der Waals surface area contributed by atoms with E-state index in [-0.39, 0.29) is 11.7 Å². The lowest BCUT2D eigenvalue weighted by atomic mass is 10.1. The first kappa shape index (κ1) is 26.1. The van der Waals surface area contributed by atoms with E-state index in [4.69, 9.17) is 21.1 Å². The van der Waals surface area contributed by atoms with E-state index in [1.807, 2.05) is 0 Å². The predicted octanol–water partition coefficient (Wildman–Crippen LogP) is 5.58. The first-order valence-electron chi connectivity index (χ1n) is 11.4. The molecule has 0 aliphatic carbocycles. The molecule has 0 saturated carbocycles. The summed E-state index contributed by atoms with van der Waals surface area (Å²) in [5.74, 6) is -0.380. The van der Waals surface area contributed by atoms with Crippen molar-refractivity contribution in [3.8, 4) is 11.5 Å². The van der Waals surface area contributed by atoms with Crippen molar-refractivity contribution >= 4 is 41.3 Å². The highest BCUT2D eigenvalue weighted by Crippen LogP contribution is 2.19. The molecule has 0 spiro atoms. The van der Waals surface area contributed by atoms with Gasteiger partial charge in [-0.2, -0.15) is 5.10 Å². The summed E-state index contributed by atoms with van der Waals surface area (Å²) in [4.78, 5) is 37.3. The average molecular weight is 528 g/mol. The highest BCUT2D eigenvalue weighted by molar-refractivity contribution is 6.30. The van der Waals surface area contributed by atoms with Crippen LogP contribution in [0.5, 0.6) is 11.5 Å². The molecule has 2 amide bonds. The van der Waals surface area contributed by atoms with Crippen molar-refractivity contribution in [1.29, 1.82) is 0 Å². The summed E-state index contributed by atoms with van der Waals surface area (Å²) < 4.78 is 10.6. The Morgan fingerprint density at radius 1 is 0.763 bits per heavy atom. The SMILES string of the molecule is COc1ccc(C(=O)Oc2ccccc2/C=N\NC(=O)c2ccc(NC(=O)c3ccc(Cl)cc3)cc2)cc1. The number of esters is 1. The van der Waals surface area contributed by atoms with Crippen LogP contribution in [0.15, 0.2) is 102 Å². The number of ether oxygens (including phenoxy) is 2. The van der Waals surface area contributed by atoms with Crippen molar-refractivity contribution in [2.75, 3.05) is 12.4 Å². The molecule has 0 fully saturated rings. The van der Waals surface area contributed by atoms with Crippen molar-refractivity contribution in [1.82, 2.24) is 5.43 Å². The normalized spacial score (nSPS) is 10.6. The summed E-state index contributed by atoms with van der Waals surface area (Å²) in [5.41, 5.74) is 4.62. The Balaban J connectivity index is 1.35. The molecule has 38 heavy (non-hydrogen) atoms. The van der Waals surface area contributed by atoms with Crippen LogP contribution in [0.1, 0.15) is 36.6 Å². The number of nitrogens with one attached hydrogen (secondary N) is 2. The number of hydrogen-bond acceptors (Lipinski definition) is 6. The number of nitrogens with zero attached hydrogens (tertiary/aromatic N) is 1. The second-order valence-corrected chi connectivity index (χ2v) is 8.33. The van der Waals surface area contributed by atoms with Gasteiger partial charge in [0.15, 0.2) is 0 Å². The van der Waals surface area contributed by atoms with Crippen molar-refractivity contribution in [2.45, 2.75) is 0 Å². The van der Waals surface area contributed by atoms with Gasteiger partial charge < -0.3 is 14.8 Å². The highest BCUT2D eigenvalue weighted by atomic mass is 35.5. The van der Waals surface area contributed by atoms with Gasteiger partial charge in [-0.25, -0.2) is 10.2 Å². The van der Waals surface area contributed by atoms with Crippen molar-refractivity contribution < 1.29 is 23.9 Å². The maximum absolute atomic E-state index is 12.5. The van der Waals surface area contributed by atoms with Gasteiger partial charge in [0.1, 0.15) is 11.5 Å². The molecule has 4 aromatic carbocycles. The topological polar surface area (TPSA) is 106 Å². The molecule has 0 aliphatic rings. The number of benzene rings is 4. The Kier molecular flexibility index (Phi) is 8.48. The van der Waals surface area contributed by atoms with Crippen LogP contribution in [0.25, 0.3) is 0 Å². The number of hydrogen-bond donors (Lipinski definition) is 2. The Labute approximate surface area is 223 Å². The summed E-state index contributed by atoms with van der Waals surface area (Å²) in [6.07, 6.45) is 1.38. The van der Waals surface area contributed by atoms with Gasteiger partial charge in [0, 0.05) is 27.4 Å². The van der Waals surface area contributed by atoms with Crippen LogP contribution in [0.4, 0.5) is 5.69 Å². The number of carbonyl (C=O) groups excluding carboxylic acids is 3. The smallest absolute Gasteiger partial charge is 0.343 e. The molecule has 0 atom stereocenters. The van der Waals surface area contributed by atoms with Crippen LogP contribution in [0.2, 0.25) is 5.02 Å². The molecular formula is C29H22ClN3O5. The van der Waals surface area contributed by atoms with Gasteiger partial charge >= 0.3 is 5.97 Å². The van der Waals surface area contributed by atoms with Gasteiger partial charge in [0.2, 0.25) is 0 Å². The lowest BCUT2D eigenvalue weighted by Gasteiger charge is -2.08. The van der Waals surface area contributed by atoms with Crippen LogP contribution < -0.4 is 20.2 Å². The molecule has 190 valence electrons. The molecular weight excluding hydrogens is 506 g/mol. The Morgan fingerprint density at radius 3 is 2.05 bits per heavy atom. The highest BCUT2D eigenvalue weighted by Gasteiger charge is 2.12. The van der Waals surface area contributed by atoms with Gasteiger partial charge in [-0.1, -0.05) is 23.7 Å². The molecule has 8 nitrogen and oxygen atoms in total. The van der Waals surface area contributed by atoms with Gasteiger partial charge in [-0.3, -0.25) is 9.59 Å². The Hall–Kier alpha value is -4.95. The van der Waals surface area contributed by atoms with E-state index in [9.17, 15) is 14.4 Å². The third-order valence-corrected chi connectivity index (χ3v) is 5.58. The number of para-hydroxylation sites is 1. The molecule has 0 heterocycles. The molecule has 0 aliphatic heterocycles. The lowest BCUT2D eigenvalue weighted by Crippen LogP contribution is -2.18. The number of anilines is 1. The molecule has 4 rings (SSSR count). The van der Waals surface area contributed by atoms with Crippen LogP contribution in [-0.2, 0) is 0 Å². The lowest BCUT2D eigenvalue weighted by molar-refractivity contribution is 0.0733. The monoisotopic (exact) mass is 527 g/mol. The number of rotatable bonds is 8. The van der Waals surface area contributed by atoms with Crippen molar-refractivity contribution in [2.24, 2.45) is 5.10 Å². The van der Waals surface area contributed by atoms with E-state index in [1.165, 1.54) is 6.21 Å². The minimum absolute atomic E-state index is 0.284. The fourth-order valence-corrected chi connectivity index (χ4v) is 3.43. The average Bonchev–Trinajstić information content (AvgIpc) is 2.94. The van der Waals surface area contributed by atoms with E-state index in [0.717, 1.165) is 0 Å². The molecule has 0 radical (unpaired) electrons. The van der Waals surface area contributed by atoms with E-state index < -0.39 is 11.9 Å². The summed E-state index contributed by atoms with van der Waals surface area (Å²) in [6.45, 7) is 0. The maximum Gasteiger partial charge on any atom is 0.343 e. The zero-order valence-electron chi connectivity index (χ0n) is 20.2. The predicted molar refractivity (Wildman–Crippen MR) is 145 cm³/mol. The fourth-order valence-electron chi connectivity index (χ4n) is 3.30. The standard InChI is InChI=1S/C29H22ClN3O5/c1-37-25-16-10-21(11-17-25)29(36)38-26-5-3-2-4-22(26)18-31-33-28(35)20-8-14-24(15-9-20)32-27(34)19-6-12-23(30)13-7-19/h2-18H,1H3,(H,32,34)(H,33,35)/b31-18-. The van der Waals surface area contributed by atoms with Gasteiger partial charge in [0.25, 0.3) is 11.8 Å². The second-order valence-electron chi connectivity index (χ2n) is 7.89. The van der Waals surface area contributed by atoms with Crippen LogP contribution in [-0.4, -0.2) is 31.1 Å². The maximum atomic E-state index is 12.5. The summed E-state index contributed by atoms with van der Waals surface area (Å²) in [6, 6.07) is 26.2. The quantitative estimate of drug-likeness (QED) is 0.135. The summed E-state index contributed by atoms with van der Waals surface area (Å²) in [5, 5.41) is 7.28. The summed E-state index contributed by atoms with van der Waals surface area (Å²) >= 11 is 5.85. The summed E-state index contributed by atoms with van der Waals surface area (Å²) in [7, 11) is 1.54. The number of halogens is 1. The first-order chi connectivity index (χ1) is 18.4. The van der Waals surface area contributed by atoms with Gasteiger partial charge in [-0.05, 0) is 84.9 Å². The molecule has 2 N–H and O–H groups in total. The van der Waals surface area contributed by atoms with Crippen LogP contribution in [0.3, 0.4) is 0 Å². The van der Waals surface area contributed by atoms with E-state index >= 15 is 0 Å². The molecule has 0 bridgehead atoms. The molecule has 0 saturated heterocycles. The number of hydrazone groups is 1. The molecule has 9 heteroatoms. The first-order valence-corrected chi connectivity index (χ1v) is 11.8. The van der Waals surface area contributed by atoms with Gasteiger partial charge in [0.05, 0.1) is 18.9 Å². The molecule has 4 aromatic rings. The van der Waals surface area contributed by atoms with Crippen LogP contribution in [0, 0.1) is 0 Å². The zero-order chi connectivity index (χ0) is 26.9. The molecule has 0 aromatic heterocycles.